The Kier molecular flexibility index (Phi) is 8.99. The third kappa shape index (κ3) is 5.82. The molecule has 1 aromatic heterocycles. The molecule has 2 aliphatic rings. The second-order valence-corrected chi connectivity index (χ2v) is 10.4. The monoisotopic (exact) mass is 411 g/mol. The van der Waals surface area contributed by atoms with Crippen molar-refractivity contribution in [3.8, 4) is 0 Å². The minimum atomic E-state index is -3.33. The molecular weight excluding hydrogens is 374 g/mol. The number of amides is 1. The van der Waals surface area contributed by atoms with Gasteiger partial charge in [-0.05, 0) is 25.2 Å². The number of sulfone groups is 1. The summed E-state index contributed by atoms with van der Waals surface area (Å²) in [5.74, 6) is 0.411. The first-order valence-electron chi connectivity index (χ1n) is 10.9. The number of nitrogens with zero attached hydrogens (tertiary/aromatic N) is 2. The average molecular weight is 412 g/mol. The summed E-state index contributed by atoms with van der Waals surface area (Å²) in [6.45, 7) is 4.25. The van der Waals surface area contributed by atoms with Gasteiger partial charge in [-0.1, -0.05) is 65.2 Å². The van der Waals surface area contributed by atoms with Gasteiger partial charge in [0.15, 0.2) is 9.84 Å². The SMILES string of the molecule is CCC.CNC(=O)C(CC1CCCCC1)n1cc(S(=O)(=O)C2CCCC2)cn1. The summed E-state index contributed by atoms with van der Waals surface area (Å²) in [6, 6.07) is -0.430. The molecule has 7 heteroatoms. The third-order valence-electron chi connectivity index (χ3n) is 5.80. The molecule has 1 amide bonds. The minimum absolute atomic E-state index is 0.0986. The van der Waals surface area contributed by atoms with Crippen molar-refractivity contribution in [2.24, 2.45) is 5.92 Å². The molecule has 0 aromatic carbocycles. The van der Waals surface area contributed by atoms with E-state index in [0.29, 0.717) is 5.92 Å². The summed E-state index contributed by atoms with van der Waals surface area (Å²) in [4.78, 5) is 12.6. The van der Waals surface area contributed by atoms with Crippen LogP contribution < -0.4 is 5.32 Å². The largest absolute Gasteiger partial charge is 0.357 e. The number of likely N-dealkylation sites (N-methyl/N-ethyl adjacent to an activating group) is 1. The molecule has 3 rings (SSSR count). The van der Waals surface area contributed by atoms with Crippen molar-refractivity contribution in [3.63, 3.8) is 0 Å². The van der Waals surface area contributed by atoms with Crippen LogP contribution in [0.15, 0.2) is 17.3 Å². The minimum Gasteiger partial charge on any atom is -0.357 e. The number of carbonyl (C=O) groups excluding carboxylic acids is 1. The second kappa shape index (κ2) is 11.0. The fourth-order valence-electron chi connectivity index (χ4n) is 4.27. The van der Waals surface area contributed by atoms with Gasteiger partial charge in [-0.15, -0.1) is 0 Å². The first-order chi connectivity index (χ1) is 13.4. The van der Waals surface area contributed by atoms with Crippen molar-refractivity contribution in [1.29, 1.82) is 0 Å². The molecule has 0 aliphatic heterocycles. The molecule has 1 atom stereocenters. The maximum absolute atomic E-state index is 12.7. The van der Waals surface area contributed by atoms with E-state index in [2.05, 4.69) is 24.3 Å². The summed E-state index contributed by atoms with van der Waals surface area (Å²) in [5.41, 5.74) is 0. The maximum Gasteiger partial charge on any atom is 0.244 e. The topological polar surface area (TPSA) is 81.1 Å². The average Bonchev–Trinajstić information content (AvgIpc) is 3.39. The van der Waals surface area contributed by atoms with Gasteiger partial charge in [0.2, 0.25) is 5.91 Å². The van der Waals surface area contributed by atoms with E-state index in [4.69, 9.17) is 0 Å². The van der Waals surface area contributed by atoms with Crippen molar-refractivity contribution in [2.75, 3.05) is 7.05 Å². The molecule has 2 saturated carbocycles. The molecule has 1 unspecified atom stereocenters. The summed E-state index contributed by atoms with van der Waals surface area (Å²) in [7, 11) is -1.71. The predicted molar refractivity (Wildman–Crippen MR) is 112 cm³/mol. The van der Waals surface area contributed by atoms with Crippen molar-refractivity contribution < 1.29 is 13.2 Å². The van der Waals surface area contributed by atoms with Crippen LogP contribution in [0.4, 0.5) is 0 Å². The molecule has 160 valence electrons. The molecule has 0 spiro atoms. The Morgan fingerprint density at radius 3 is 2.29 bits per heavy atom. The van der Waals surface area contributed by atoms with Crippen molar-refractivity contribution in [1.82, 2.24) is 15.1 Å². The smallest absolute Gasteiger partial charge is 0.244 e. The quantitative estimate of drug-likeness (QED) is 0.758. The van der Waals surface area contributed by atoms with Crippen molar-refractivity contribution in [3.05, 3.63) is 12.4 Å². The van der Waals surface area contributed by atoms with Gasteiger partial charge in [0.25, 0.3) is 0 Å². The first-order valence-corrected chi connectivity index (χ1v) is 12.5. The van der Waals surface area contributed by atoms with Crippen LogP contribution in [0.1, 0.15) is 90.5 Å². The second-order valence-electron chi connectivity index (χ2n) is 8.18. The van der Waals surface area contributed by atoms with Gasteiger partial charge in [0.1, 0.15) is 10.9 Å². The van der Waals surface area contributed by atoms with E-state index in [1.165, 1.54) is 31.9 Å². The van der Waals surface area contributed by atoms with Crippen LogP contribution >= 0.6 is 0 Å². The third-order valence-corrected chi connectivity index (χ3v) is 8.01. The highest BCUT2D eigenvalue weighted by molar-refractivity contribution is 7.92. The van der Waals surface area contributed by atoms with Crippen LogP contribution in [-0.2, 0) is 14.6 Å². The fourth-order valence-corrected chi connectivity index (χ4v) is 6.06. The molecule has 0 bridgehead atoms. The van der Waals surface area contributed by atoms with Gasteiger partial charge in [-0.3, -0.25) is 9.48 Å². The first kappa shape index (κ1) is 22.9. The van der Waals surface area contributed by atoms with Crippen LogP contribution in [0.2, 0.25) is 0 Å². The van der Waals surface area contributed by atoms with E-state index < -0.39 is 15.9 Å². The summed E-state index contributed by atoms with van der Waals surface area (Å²) >= 11 is 0. The Morgan fingerprint density at radius 2 is 1.71 bits per heavy atom. The van der Waals surface area contributed by atoms with Crippen LogP contribution in [0.25, 0.3) is 0 Å². The van der Waals surface area contributed by atoms with Gasteiger partial charge in [-0.25, -0.2) is 8.42 Å². The van der Waals surface area contributed by atoms with E-state index in [1.54, 1.807) is 17.9 Å². The van der Waals surface area contributed by atoms with Gasteiger partial charge >= 0.3 is 0 Å². The van der Waals surface area contributed by atoms with Gasteiger partial charge in [-0.2, -0.15) is 5.10 Å². The van der Waals surface area contributed by atoms with Gasteiger partial charge in [0.05, 0.1) is 11.4 Å². The number of aromatic nitrogens is 2. The normalized spacial score (nSPS) is 19.7. The lowest BCUT2D eigenvalue weighted by Crippen LogP contribution is -2.32. The molecule has 1 heterocycles. The molecule has 28 heavy (non-hydrogen) atoms. The zero-order valence-electron chi connectivity index (χ0n) is 17.7. The van der Waals surface area contributed by atoms with E-state index in [9.17, 15) is 13.2 Å². The number of hydrogen-bond donors (Lipinski definition) is 1. The molecule has 2 aliphatic carbocycles. The Morgan fingerprint density at radius 1 is 1.14 bits per heavy atom. The predicted octanol–water partition coefficient (Wildman–Crippen LogP) is 4.27. The number of carbonyl (C=O) groups is 1. The number of rotatable bonds is 6. The van der Waals surface area contributed by atoms with Crippen LogP contribution in [0, 0.1) is 5.92 Å². The van der Waals surface area contributed by atoms with Crippen molar-refractivity contribution >= 4 is 15.7 Å². The Bertz CT molecular complexity index is 702. The lowest BCUT2D eigenvalue weighted by Gasteiger charge is -2.25. The Hall–Kier alpha value is -1.37. The van der Waals surface area contributed by atoms with E-state index in [1.807, 2.05) is 0 Å². The lowest BCUT2D eigenvalue weighted by molar-refractivity contribution is -0.124. The van der Waals surface area contributed by atoms with Crippen molar-refractivity contribution in [2.45, 2.75) is 101 Å². The molecule has 0 radical (unpaired) electrons. The summed E-state index contributed by atoms with van der Waals surface area (Å²) in [5, 5.41) is 6.68. The lowest BCUT2D eigenvalue weighted by atomic mass is 9.84. The molecule has 1 N–H and O–H groups in total. The highest BCUT2D eigenvalue weighted by atomic mass is 32.2. The molecule has 2 fully saturated rings. The zero-order valence-corrected chi connectivity index (χ0v) is 18.5. The van der Waals surface area contributed by atoms with Crippen LogP contribution in [0.5, 0.6) is 0 Å². The Labute approximate surface area is 170 Å². The van der Waals surface area contributed by atoms with E-state index >= 15 is 0 Å². The zero-order chi connectivity index (χ0) is 20.6. The summed E-state index contributed by atoms with van der Waals surface area (Å²) in [6.07, 6.45) is 14.4. The molecule has 6 nitrogen and oxygen atoms in total. The fraction of sp³-hybridized carbons (Fsp3) is 0.810. The Balaban J connectivity index is 0.000000878. The van der Waals surface area contributed by atoms with Gasteiger partial charge in [0, 0.05) is 13.2 Å². The van der Waals surface area contributed by atoms with E-state index in [0.717, 1.165) is 44.9 Å². The van der Waals surface area contributed by atoms with E-state index in [-0.39, 0.29) is 16.1 Å². The molecule has 1 aromatic rings. The molecular formula is C21H37N3O3S. The molecule has 0 saturated heterocycles. The van der Waals surface area contributed by atoms with Crippen LogP contribution in [0.3, 0.4) is 0 Å². The standard InChI is InChI=1S/C18H29N3O3S.C3H8/c1-19-18(22)17(11-14-7-3-2-4-8-14)21-13-16(12-20-21)25(23,24)15-9-5-6-10-15;1-3-2/h12-15,17H,2-11H2,1H3,(H,19,22);3H2,1-2H3. The van der Waals surface area contributed by atoms with Crippen LogP contribution in [-0.4, -0.2) is 36.4 Å². The number of hydrogen-bond acceptors (Lipinski definition) is 4. The highest BCUT2D eigenvalue weighted by Crippen LogP contribution is 2.32. The number of nitrogens with one attached hydrogen (secondary N) is 1. The maximum atomic E-state index is 12.7. The summed E-state index contributed by atoms with van der Waals surface area (Å²) < 4.78 is 27.1. The highest BCUT2D eigenvalue weighted by Gasteiger charge is 2.33. The van der Waals surface area contributed by atoms with Gasteiger partial charge < -0.3 is 5.32 Å².